The topological polar surface area (TPSA) is 101 Å². The van der Waals surface area contributed by atoms with Crippen molar-refractivity contribution in [3.8, 4) is 5.82 Å². The minimum absolute atomic E-state index is 0. The number of carbonyl (C=O) groups is 2. The molecule has 2 aliphatic rings. The normalized spacial score (nSPS) is 16.0. The molecule has 37 heavy (non-hydrogen) atoms. The first kappa shape index (κ1) is 26.7. The standard InChI is InChI=1S/C26H33N7O3.ClH/c1-19-21(8-9-25(34)31-12-14-32(15-13-31)26(35)22-7-6-16-36-22)20(2)33(29-19)24-17-23(27-18-28-24)30-10-4-3-5-11-30;/h6-7,16-18H,3-5,8-15H2,1-2H3;1H. The molecule has 0 atom stereocenters. The van der Waals surface area contributed by atoms with Gasteiger partial charge < -0.3 is 19.1 Å². The summed E-state index contributed by atoms with van der Waals surface area (Å²) in [6.45, 7) is 8.13. The number of amides is 2. The Kier molecular flexibility index (Phi) is 8.48. The van der Waals surface area contributed by atoms with Crippen LogP contribution >= 0.6 is 12.4 Å². The zero-order valence-electron chi connectivity index (χ0n) is 21.4. The monoisotopic (exact) mass is 527 g/mol. The molecule has 3 aromatic rings. The Bertz CT molecular complexity index is 1210. The number of aromatic nitrogens is 4. The zero-order valence-corrected chi connectivity index (χ0v) is 22.2. The molecule has 11 heteroatoms. The maximum absolute atomic E-state index is 12.9. The Morgan fingerprint density at radius 1 is 0.946 bits per heavy atom. The van der Waals surface area contributed by atoms with E-state index in [0.29, 0.717) is 44.8 Å². The van der Waals surface area contributed by atoms with Gasteiger partial charge in [-0.05, 0) is 57.2 Å². The maximum atomic E-state index is 12.9. The van der Waals surface area contributed by atoms with E-state index in [1.54, 1.807) is 23.4 Å². The number of nitrogens with zero attached hydrogens (tertiary/aromatic N) is 7. The van der Waals surface area contributed by atoms with Gasteiger partial charge in [-0.15, -0.1) is 12.4 Å². The Morgan fingerprint density at radius 2 is 1.65 bits per heavy atom. The number of aryl methyl sites for hydroxylation is 1. The highest BCUT2D eigenvalue weighted by Gasteiger charge is 2.26. The van der Waals surface area contributed by atoms with Crippen LogP contribution in [0.25, 0.3) is 5.82 Å². The van der Waals surface area contributed by atoms with Crippen LogP contribution in [0, 0.1) is 13.8 Å². The Balaban J connectivity index is 0.00000320. The van der Waals surface area contributed by atoms with Gasteiger partial charge in [0.2, 0.25) is 5.91 Å². The minimum Gasteiger partial charge on any atom is -0.459 e. The summed E-state index contributed by atoms with van der Waals surface area (Å²) in [5.74, 6) is 2.00. The fraction of sp³-hybridized carbons (Fsp3) is 0.500. The average molecular weight is 528 g/mol. The lowest BCUT2D eigenvalue weighted by Crippen LogP contribution is -2.50. The molecular weight excluding hydrogens is 494 g/mol. The van der Waals surface area contributed by atoms with E-state index in [-0.39, 0.29) is 24.2 Å². The van der Waals surface area contributed by atoms with Crippen LogP contribution in [0.2, 0.25) is 0 Å². The van der Waals surface area contributed by atoms with Crippen molar-refractivity contribution in [2.45, 2.75) is 46.0 Å². The summed E-state index contributed by atoms with van der Waals surface area (Å²) in [5.41, 5.74) is 2.98. The first-order valence-corrected chi connectivity index (χ1v) is 12.7. The molecule has 0 aromatic carbocycles. The van der Waals surface area contributed by atoms with Crippen molar-refractivity contribution in [2.75, 3.05) is 44.2 Å². The molecule has 0 aliphatic carbocycles. The molecule has 5 rings (SSSR count). The largest absolute Gasteiger partial charge is 0.459 e. The number of piperidine rings is 1. The second kappa shape index (κ2) is 11.8. The SMILES string of the molecule is Cc1nn(-c2cc(N3CCCCC3)ncn2)c(C)c1CCC(=O)N1CCN(C(=O)c2ccco2)CC1.Cl. The molecule has 5 heterocycles. The Hall–Kier alpha value is -3.40. The van der Waals surface area contributed by atoms with Crippen molar-refractivity contribution in [1.29, 1.82) is 0 Å². The number of anilines is 1. The van der Waals surface area contributed by atoms with Gasteiger partial charge in [0.1, 0.15) is 12.1 Å². The number of furan rings is 1. The molecular formula is C26H34ClN7O3. The summed E-state index contributed by atoms with van der Waals surface area (Å²) < 4.78 is 7.08. The number of piperazine rings is 1. The summed E-state index contributed by atoms with van der Waals surface area (Å²) in [5, 5.41) is 4.74. The predicted molar refractivity (Wildman–Crippen MR) is 141 cm³/mol. The number of carbonyl (C=O) groups excluding carboxylic acids is 2. The van der Waals surface area contributed by atoms with Crippen molar-refractivity contribution < 1.29 is 14.0 Å². The van der Waals surface area contributed by atoms with Gasteiger partial charge in [-0.1, -0.05) is 0 Å². The van der Waals surface area contributed by atoms with Crippen molar-refractivity contribution >= 4 is 30.0 Å². The van der Waals surface area contributed by atoms with Crippen LogP contribution < -0.4 is 4.90 Å². The number of rotatable bonds is 6. The van der Waals surface area contributed by atoms with Gasteiger partial charge in [0.25, 0.3) is 5.91 Å². The van der Waals surface area contributed by atoms with Gasteiger partial charge in [0, 0.05) is 57.4 Å². The van der Waals surface area contributed by atoms with E-state index in [0.717, 1.165) is 41.7 Å². The minimum atomic E-state index is -0.126. The van der Waals surface area contributed by atoms with Gasteiger partial charge >= 0.3 is 0 Å². The van der Waals surface area contributed by atoms with Gasteiger partial charge in [0.05, 0.1) is 12.0 Å². The van der Waals surface area contributed by atoms with Gasteiger partial charge in [0.15, 0.2) is 11.6 Å². The number of halogens is 1. The first-order valence-electron chi connectivity index (χ1n) is 12.7. The molecule has 0 radical (unpaired) electrons. The van der Waals surface area contributed by atoms with Crippen LogP contribution in [-0.2, 0) is 11.2 Å². The molecule has 2 amide bonds. The lowest BCUT2D eigenvalue weighted by atomic mass is 10.1. The molecule has 0 spiro atoms. The molecule has 2 aliphatic heterocycles. The van der Waals surface area contributed by atoms with Crippen molar-refractivity contribution in [1.82, 2.24) is 29.5 Å². The second-order valence-electron chi connectivity index (χ2n) is 9.49. The smallest absolute Gasteiger partial charge is 0.289 e. The van der Waals surface area contributed by atoms with Crippen LogP contribution in [0.5, 0.6) is 0 Å². The van der Waals surface area contributed by atoms with Gasteiger partial charge in [-0.2, -0.15) is 5.10 Å². The second-order valence-corrected chi connectivity index (χ2v) is 9.49. The lowest BCUT2D eigenvalue weighted by molar-refractivity contribution is -0.132. The quantitative estimate of drug-likeness (QED) is 0.485. The summed E-state index contributed by atoms with van der Waals surface area (Å²) in [7, 11) is 0. The molecule has 2 fully saturated rings. The Morgan fingerprint density at radius 3 is 2.35 bits per heavy atom. The highest BCUT2D eigenvalue weighted by molar-refractivity contribution is 5.91. The van der Waals surface area contributed by atoms with E-state index in [9.17, 15) is 9.59 Å². The third-order valence-electron chi connectivity index (χ3n) is 7.22. The molecule has 0 N–H and O–H groups in total. The highest BCUT2D eigenvalue weighted by atomic mass is 35.5. The maximum Gasteiger partial charge on any atom is 0.289 e. The van der Waals surface area contributed by atoms with E-state index >= 15 is 0 Å². The number of hydrogen-bond acceptors (Lipinski definition) is 7. The van der Waals surface area contributed by atoms with Gasteiger partial charge in [-0.3, -0.25) is 9.59 Å². The highest BCUT2D eigenvalue weighted by Crippen LogP contribution is 2.22. The summed E-state index contributed by atoms with van der Waals surface area (Å²) in [6.07, 6.45) is 7.77. The summed E-state index contributed by atoms with van der Waals surface area (Å²) in [6, 6.07) is 5.38. The Labute approximate surface area is 223 Å². The molecule has 0 saturated carbocycles. The average Bonchev–Trinajstić information content (AvgIpc) is 3.56. The van der Waals surface area contributed by atoms with Crippen LogP contribution in [0.4, 0.5) is 5.82 Å². The summed E-state index contributed by atoms with van der Waals surface area (Å²) >= 11 is 0. The van der Waals surface area contributed by atoms with Crippen molar-refractivity contribution in [2.24, 2.45) is 0 Å². The molecule has 3 aromatic heterocycles. The van der Waals surface area contributed by atoms with Crippen LogP contribution in [0.1, 0.15) is 53.2 Å². The van der Waals surface area contributed by atoms with E-state index in [1.165, 1.54) is 25.5 Å². The molecule has 198 valence electrons. The van der Waals surface area contributed by atoms with E-state index in [4.69, 9.17) is 9.52 Å². The third-order valence-corrected chi connectivity index (χ3v) is 7.22. The van der Waals surface area contributed by atoms with E-state index in [2.05, 4.69) is 14.9 Å². The van der Waals surface area contributed by atoms with Crippen molar-refractivity contribution in [3.05, 3.63) is 53.5 Å². The van der Waals surface area contributed by atoms with Crippen molar-refractivity contribution in [3.63, 3.8) is 0 Å². The molecule has 0 unspecified atom stereocenters. The van der Waals surface area contributed by atoms with E-state index < -0.39 is 0 Å². The first-order chi connectivity index (χ1) is 17.5. The zero-order chi connectivity index (χ0) is 25.1. The fourth-order valence-electron chi connectivity index (χ4n) is 5.11. The lowest BCUT2D eigenvalue weighted by Gasteiger charge is -2.34. The third kappa shape index (κ3) is 5.79. The summed E-state index contributed by atoms with van der Waals surface area (Å²) in [4.78, 5) is 40.3. The van der Waals surface area contributed by atoms with Crippen LogP contribution in [0.3, 0.4) is 0 Å². The van der Waals surface area contributed by atoms with Crippen LogP contribution in [0.15, 0.2) is 35.2 Å². The molecule has 2 saturated heterocycles. The predicted octanol–water partition coefficient (Wildman–Crippen LogP) is 3.20. The molecule has 10 nitrogen and oxygen atoms in total. The van der Waals surface area contributed by atoms with E-state index in [1.807, 2.05) is 29.5 Å². The number of hydrogen-bond donors (Lipinski definition) is 0. The van der Waals surface area contributed by atoms with Crippen LogP contribution in [-0.4, -0.2) is 80.6 Å². The fourth-order valence-corrected chi connectivity index (χ4v) is 5.11. The molecule has 0 bridgehead atoms. The van der Waals surface area contributed by atoms with Gasteiger partial charge in [-0.25, -0.2) is 14.6 Å².